The predicted octanol–water partition coefficient (Wildman–Crippen LogP) is 2.52. The van der Waals surface area contributed by atoms with Gasteiger partial charge in [-0.25, -0.2) is 13.1 Å². The molecule has 2 aromatic carbocycles. The van der Waals surface area contributed by atoms with Gasteiger partial charge in [0.1, 0.15) is 5.69 Å². The van der Waals surface area contributed by atoms with Crippen molar-refractivity contribution in [2.75, 3.05) is 12.4 Å². The molecule has 0 aliphatic heterocycles. The number of benzene rings is 2. The van der Waals surface area contributed by atoms with Crippen LogP contribution in [0.4, 0.5) is 11.4 Å². The fraction of sp³-hybridized carbons (Fsp3) is 0.167. The Hall–Kier alpha value is -3.24. The summed E-state index contributed by atoms with van der Waals surface area (Å²) in [6, 6.07) is 13.4. The Bertz CT molecular complexity index is 1110. The molecule has 1 heterocycles. The largest absolute Gasteiger partial charge is 0.375 e. The van der Waals surface area contributed by atoms with Gasteiger partial charge in [-0.3, -0.25) is 14.8 Å². The van der Waals surface area contributed by atoms with Crippen molar-refractivity contribution in [1.82, 2.24) is 14.5 Å². The molecule has 0 radical (unpaired) electrons. The van der Waals surface area contributed by atoms with Crippen molar-refractivity contribution in [1.29, 1.82) is 0 Å². The van der Waals surface area contributed by atoms with Gasteiger partial charge in [-0.15, -0.1) is 0 Å². The maximum atomic E-state index is 11.9. The third-order valence-corrected chi connectivity index (χ3v) is 5.58. The van der Waals surface area contributed by atoms with Crippen molar-refractivity contribution in [2.45, 2.75) is 11.4 Å². The molecule has 0 aliphatic carbocycles. The van der Waals surface area contributed by atoms with Crippen LogP contribution >= 0.6 is 0 Å². The highest BCUT2D eigenvalue weighted by molar-refractivity contribution is 7.89. The summed E-state index contributed by atoms with van der Waals surface area (Å²) in [4.78, 5) is 10.6. The number of anilines is 1. The molecule has 0 bridgehead atoms. The fourth-order valence-corrected chi connectivity index (χ4v) is 3.54. The van der Waals surface area contributed by atoms with Crippen molar-refractivity contribution in [2.24, 2.45) is 7.05 Å². The molecule has 28 heavy (non-hydrogen) atoms. The minimum absolute atomic E-state index is 0.168. The van der Waals surface area contributed by atoms with Crippen LogP contribution in [0.15, 0.2) is 59.6 Å². The van der Waals surface area contributed by atoms with Crippen molar-refractivity contribution in [3.05, 3.63) is 70.4 Å². The number of aryl methyl sites for hydroxylation is 1. The Labute approximate surface area is 162 Å². The average molecular weight is 401 g/mol. The maximum Gasteiger partial charge on any atom is 0.293 e. The van der Waals surface area contributed by atoms with Gasteiger partial charge >= 0.3 is 0 Å². The van der Waals surface area contributed by atoms with Crippen LogP contribution in [0, 0.1) is 10.1 Å². The highest BCUT2D eigenvalue weighted by atomic mass is 32.2. The first-order chi connectivity index (χ1) is 13.3. The molecule has 9 nitrogen and oxygen atoms in total. The minimum Gasteiger partial charge on any atom is -0.375 e. The number of nitrogens with zero attached hydrogens (tertiary/aromatic N) is 3. The van der Waals surface area contributed by atoms with E-state index in [2.05, 4.69) is 15.1 Å². The average Bonchev–Trinajstić information content (AvgIpc) is 3.07. The zero-order chi connectivity index (χ0) is 20.3. The number of rotatable bonds is 7. The Morgan fingerprint density at radius 3 is 2.54 bits per heavy atom. The zero-order valence-corrected chi connectivity index (χ0v) is 16.1. The van der Waals surface area contributed by atoms with Gasteiger partial charge in [0.15, 0.2) is 0 Å². The van der Waals surface area contributed by atoms with E-state index in [1.807, 2.05) is 36.5 Å². The molecule has 0 saturated heterocycles. The molecule has 0 atom stereocenters. The van der Waals surface area contributed by atoms with Gasteiger partial charge in [0.25, 0.3) is 5.69 Å². The third kappa shape index (κ3) is 4.02. The van der Waals surface area contributed by atoms with E-state index >= 15 is 0 Å². The molecule has 1 aromatic heterocycles. The van der Waals surface area contributed by atoms with Gasteiger partial charge in [0.2, 0.25) is 10.0 Å². The van der Waals surface area contributed by atoms with Crippen LogP contribution in [-0.2, 0) is 23.6 Å². The second-order valence-corrected chi connectivity index (χ2v) is 7.93. The molecule has 3 rings (SSSR count). The Balaban J connectivity index is 1.91. The zero-order valence-electron chi connectivity index (χ0n) is 15.3. The quantitative estimate of drug-likeness (QED) is 0.464. The van der Waals surface area contributed by atoms with E-state index in [1.165, 1.54) is 19.2 Å². The molecule has 2 N–H and O–H groups in total. The lowest BCUT2D eigenvalue weighted by atomic mass is 10.1. The highest BCUT2D eigenvalue weighted by Crippen LogP contribution is 2.29. The number of hydrogen-bond acceptors (Lipinski definition) is 6. The normalized spacial score (nSPS) is 11.4. The van der Waals surface area contributed by atoms with Gasteiger partial charge < -0.3 is 5.32 Å². The van der Waals surface area contributed by atoms with Crippen molar-refractivity contribution >= 4 is 21.4 Å². The number of nitrogens with one attached hydrogen (secondary N) is 2. The lowest BCUT2D eigenvalue weighted by molar-refractivity contribution is -0.384. The van der Waals surface area contributed by atoms with Gasteiger partial charge in [-0.2, -0.15) is 5.10 Å². The maximum absolute atomic E-state index is 11.9. The van der Waals surface area contributed by atoms with E-state index in [-0.39, 0.29) is 22.8 Å². The molecule has 0 aliphatic rings. The smallest absolute Gasteiger partial charge is 0.293 e. The summed E-state index contributed by atoms with van der Waals surface area (Å²) < 4.78 is 27.6. The predicted molar refractivity (Wildman–Crippen MR) is 105 cm³/mol. The van der Waals surface area contributed by atoms with Crippen LogP contribution in [0.2, 0.25) is 0 Å². The first-order valence-corrected chi connectivity index (χ1v) is 9.84. The summed E-state index contributed by atoms with van der Waals surface area (Å²) in [6.45, 7) is 0.289. The Kier molecular flexibility index (Phi) is 5.43. The number of nitro groups is 1. The molecular weight excluding hydrogens is 382 g/mol. The molecule has 0 saturated carbocycles. The second kappa shape index (κ2) is 7.79. The van der Waals surface area contributed by atoms with E-state index in [9.17, 15) is 18.5 Å². The summed E-state index contributed by atoms with van der Waals surface area (Å²) in [6.07, 6.45) is 1.83. The first kappa shape index (κ1) is 19.5. The Morgan fingerprint density at radius 2 is 1.89 bits per heavy atom. The van der Waals surface area contributed by atoms with Crippen LogP contribution in [-0.4, -0.2) is 30.2 Å². The number of aromatic nitrogens is 2. The molecular formula is C18H19N5O4S. The molecule has 0 spiro atoms. The Morgan fingerprint density at radius 1 is 1.18 bits per heavy atom. The standard InChI is InChI=1S/C18H19N5O4S/c1-19-28(26,27)15-8-9-16(17(10-15)23(24)25)20-11-14-12-22(2)21-18(14)13-6-4-3-5-7-13/h3-10,12,19-20H,11H2,1-2H3. The van der Waals surface area contributed by atoms with Crippen LogP contribution in [0.3, 0.4) is 0 Å². The van der Waals surface area contributed by atoms with Crippen LogP contribution < -0.4 is 10.0 Å². The summed E-state index contributed by atoms with van der Waals surface area (Å²) in [7, 11) is -0.721. The minimum atomic E-state index is -3.77. The van der Waals surface area contributed by atoms with E-state index < -0.39 is 14.9 Å². The highest BCUT2D eigenvalue weighted by Gasteiger charge is 2.21. The summed E-state index contributed by atoms with van der Waals surface area (Å²) >= 11 is 0. The monoisotopic (exact) mass is 401 g/mol. The van der Waals surface area contributed by atoms with Crippen LogP contribution in [0.1, 0.15) is 5.56 Å². The van der Waals surface area contributed by atoms with Crippen molar-refractivity contribution < 1.29 is 13.3 Å². The van der Waals surface area contributed by atoms with Crippen LogP contribution in [0.5, 0.6) is 0 Å². The SMILES string of the molecule is CNS(=O)(=O)c1ccc(NCc2cn(C)nc2-c2ccccc2)c([N+](=O)[O-])c1. The molecule has 0 unspecified atom stereocenters. The van der Waals surface area contributed by atoms with Crippen molar-refractivity contribution in [3.8, 4) is 11.3 Å². The number of nitro benzene ring substituents is 1. The third-order valence-electron chi connectivity index (χ3n) is 4.17. The van der Waals surface area contributed by atoms with Gasteiger partial charge in [0, 0.05) is 37.0 Å². The topological polar surface area (TPSA) is 119 Å². The molecule has 3 aromatic rings. The van der Waals surface area contributed by atoms with E-state index in [1.54, 1.807) is 11.7 Å². The van der Waals surface area contributed by atoms with E-state index in [0.29, 0.717) is 0 Å². The lowest BCUT2D eigenvalue weighted by Gasteiger charge is -2.09. The van der Waals surface area contributed by atoms with Crippen molar-refractivity contribution in [3.63, 3.8) is 0 Å². The summed E-state index contributed by atoms with van der Waals surface area (Å²) in [5.41, 5.74) is 2.47. The fourth-order valence-electron chi connectivity index (χ4n) is 2.79. The van der Waals surface area contributed by atoms with E-state index in [4.69, 9.17) is 0 Å². The van der Waals surface area contributed by atoms with Gasteiger partial charge in [-0.05, 0) is 19.2 Å². The molecule has 10 heteroatoms. The lowest BCUT2D eigenvalue weighted by Crippen LogP contribution is -2.18. The van der Waals surface area contributed by atoms with Crippen LogP contribution in [0.25, 0.3) is 11.3 Å². The second-order valence-electron chi connectivity index (χ2n) is 6.04. The molecule has 0 fully saturated rings. The number of sulfonamides is 1. The first-order valence-electron chi connectivity index (χ1n) is 8.35. The molecule has 0 amide bonds. The van der Waals surface area contributed by atoms with E-state index in [0.717, 1.165) is 22.9 Å². The molecule has 146 valence electrons. The summed E-state index contributed by atoms with van der Waals surface area (Å²) in [5.74, 6) is 0. The van der Waals surface area contributed by atoms with Gasteiger partial charge in [0.05, 0.1) is 15.5 Å². The number of hydrogen-bond donors (Lipinski definition) is 2. The van der Waals surface area contributed by atoms with Gasteiger partial charge in [-0.1, -0.05) is 30.3 Å². The summed E-state index contributed by atoms with van der Waals surface area (Å²) in [5, 5.41) is 18.9.